The second-order valence-electron chi connectivity index (χ2n) is 6.02. The van der Waals surface area contributed by atoms with Gasteiger partial charge in [-0.15, -0.1) is 0 Å². The van der Waals surface area contributed by atoms with E-state index in [1.54, 1.807) is 18.2 Å². The molecule has 1 aromatic heterocycles. The van der Waals surface area contributed by atoms with Crippen molar-refractivity contribution in [2.24, 2.45) is 6.98 Å². The van der Waals surface area contributed by atoms with Crippen molar-refractivity contribution in [3.8, 4) is 0 Å². The number of oxazole rings is 1. The lowest BCUT2D eigenvalue weighted by Crippen LogP contribution is -2.41. The summed E-state index contributed by atoms with van der Waals surface area (Å²) in [6.07, 6.45) is 0. The third kappa shape index (κ3) is 1.83. The molecule has 1 aromatic carbocycles. The average Bonchev–Trinajstić information content (AvgIpc) is 2.81. The number of benzene rings is 1. The fourth-order valence-electron chi connectivity index (χ4n) is 2.16. The molecular weight excluding hydrogens is 257 g/mol. The maximum atomic E-state index is 11.8. The topological polar surface area (TPSA) is 53.6 Å². The van der Waals surface area contributed by atoms with Gasteiger partial charge in [-0.3, -0.25) is 4.57 Å². The molecule has 2 heterocycles. The van der Waals surface area contributed by atoms with Crippen LogP contribution in [0.15, 0.2) is 27.4 Å². The molecule has 0 atom stereocenters. The first-order chi connectivity index (χ1) is 10.4. The van der Waals surface area contributed by atoms with Gasteiger partial charge in [0, 0.05) is 11.1 Å². The molecule has 5 nitrogen and oxygen atoms in total. The van der Waals surface area contributed by atoms with Crippen LogP contribution >= 0.6 is 0 Å². The molecule has 0 bridgehead atoms. The van der Waals surface area contributed by atoms with Gasteiger partial charge >= 0.3 is 12.9 Å². The second kappa shape index (κ2) is 3.99. The Hall–Kier alpha value is -1.53. The van der Waals surface area contributed by atoms with Crippen molar-refractivity contribution < 1.29 is 17.8 Å². The molecule has 0 N–H and O–H groups in total. The monoisotopic (exact) mass is 278 g/mol. The zero-order chi connectivity index (χ0) is 17.2. The van der Waals surface area contributed by atoms with Gasteiger partial charge < -0.3 is 13.7 Å². The van der Waals surface area contributed by atoms with Crippen LogP contribution in [0.25, 0.3) is 11.1 Å². The van der Waals surface area contributed by atoms with Gasteiger partial charge in [-0.05, 0) is 45.3 Å². The van der Waals surface area contributed by atoms with Crippen LogP contribution in [-0.2, 0) is 16.3 Å². The second-order valence-corrected chi connectivity index (χ2v) is 6.02. The lowest BCUT2D eigenvalue weighted by molar-refractivity contribution is 0.00578. The molecule has 106 valence electrons. The van der Waals surface area contributed by atoms with Crippen LogP contribution in [0.1, 0.15) is 31.8 Å². The van der Waals surface area contributed by atoms with Crippen LogP contribution in [0.2, 0.25) is 0 Å². The molecule has 0 saturated carbocycles. The Balaban J connectivity index is 2.10. The normalized spacial score (nSPS) is 23.6. The first-order valence-corrected chi connectivity index (χ1v) is 6.44. The Labute approximate surface area is 121 Å². The lowest BCUT2D eigenvalue weighted by atomic mass is 9.79. The van der Waals surface area contributed by atoms with E-state index < -0.39 is 31.1 Å². The van der Waals surface area contributed by atoms with E-state index >= 15 is 0 Å². The molecule has 1 aliphatic rings. The number of aromatic nitrogens is 1. The van der Waals surface area contributed by atoms with Crippen molar-refractivity contribution in [3.05, 3.63) is 28.7 Å². The van der Waals surface area contributed by atoms with E-state index in [1.165, 1.54) is 0 Å². The van der Waals surface area contributed by atoms with Gasteiger partial charge in [0.05, 0.1) is 16.7 Å². The molecule has 3 rings (SSSR count). The highest BCUT2D eigenvalue weighted by Gasteiger charge is 2.51. The highest BCUT2D eigenvalue weighted by atomic mass is 16.7. The number of rotatable bonds is 1. The zero-order valence-electron chi connectivity index (χ0n) is 14.9. The summed E-state index contributed by atoms with van der Waals surface area (Å²) in [5, 5.41) is 0. The van der Waals surface area contributed by atoms with E-state index in [-0.39, 0.29) is 11.1 Å². The molecule has 1 aliphatic heterocycles. The van der Waals surface area contributed by atoms with Crippen LogP contribution in [-0.4, -0.2) is 22.9 Å². The third-order valence-electron chi connectivity index (χ3n) is 4.13. The fraction of sp³-hybridized carbons (Fsp3) is 0.500. The fourth-order valence-corrected chi connectivity index (χ4v) is 2.16. The van der Waals surface area contributed by atoms with Crippen LogP contribution < -0.4 is 11.2 Å². The molecule has 0 unspecified atom stereocenters. The van der Waals surface area contributed by atoms with Gasteiger partial charge in [0.1, 0.15) is 0 Å². The number of hydrogen-bond donors (Lipinski definition) is 0. The smallest absolute Gasteiger partial charge is 0.408 e. The zero-order valence-corrected chi connectivity index (χ0v) is 11.9. The van der Waals surface area contributed by atoms with E-state index in [4.69, 9.17) is 17.8 Å². The highest BCUT2D eigenvalue weighted by Crippen LogP contribution is 2.36. The maximum absolute atomic E-state index is 11.8. The van der Waals surface area contributed by atoms with Crippen LogP contribution in [0.3, 0.4) is 0 Å². The minimum Gasteiger partial charge on any atom is -0.408 e. The van der Waals surface area contributed by atoms with Crippen molar-refractivity contribution in [1.82, 2.24) is 4.57 Å². The minimum atomic E-state index is -2.61. The number of hydrogen-bond acceptors (Lipinski definition) is 4. The SMILES string of the molecule is [2H]C([2H])([2H])n1c(=O)oc2ccc(B3OC(C)(C)C(C)(C)O3)cc21. The van der Waals surface area contributed by atoms with Crippen molar-refractivity contribution in [3.63, 3.8) is 0 Å². The van der Waals surface area contributed by atoms with Gasteiger partial charge in [-0.25, -0.2) is 4.79 Å². The molecular formula is C14H18BNO4. The maximum Gasteiger partial charge on any atom is 0.494 e. The Bertz CT molecular complexity index is 806. The summed E-state index contributed by atoms with van der Waals surface area (Å²) in [7, 11) is -0.639. The van der Waals surface area contributed by atoms with Crippen LogP contribution in [0.5, 0.6) is 0 Å². The van der Waals surface area contributed by atoms with Gasteiger partial charge in [0.15, 0.2) is 5.58 Å². The molecule has 0 amide bonds. The predicted octanol–water partition coefficient (Wildman–Crippen LogP) is 1.43. The Morgan fingerprint density at radius 1 is 1.20 bits per heavy atom. The van der Waals surface area contributed by atoms with Crippen molar-refractivity contribution in [1.29, 1.82) is 0 Å². The summed E-state index contributed by atoms with van der Waals surface area (Å²) in [5.74, 6) is -0.911. The van der Waals surface area contributed by atoms with Crippen molar-refractivity contribution >= 4 is 23.7 Å². The van der Waals surface area contributed by atoms with Gasteiger partial charge in [-0.2, -0.15) is 0 Å². The summed E-state index contributed by atoms with van der Waals surface area (Å²) in [4.78, 5) is 11.8. The van der Waals surface area contributed by atoms with E-state index in [1.807, 2.05) is 27.7 Å². The molecule has 1 saturated heterocycles. The molecule has 0 spiro atoms. The Kier molecular flexibility index (Phi) is 2.04. The van der Waals surface area contributed by atoms with Gasteiger partial charge in [0.25, 0.3) is 0 Å². The summed E-state index contributed by atoms with van der Waals surface area (Å²) < 4.78 is 40.0. The van der Waals surface area contributed by atoms with Crippen molar-refractivity contribution in [2.75, 3.05) is 0 Å². The summed E-state index contributed by atoms with van der Waals surface area (Å²) in [6.45, 7) is 5.11. The van der Waals surface area contributed by atoms with Crippen LogP contribution in [0, 0.1) is 0 Å². The largest absolute Gasteiger partial charge is 0.494 e. The van der Waals surface area contributed by atoms with E-state index in [0.29, 0.717) is 10.0 Å². The molecule has 1 fully saturated rings. The van der Waals surface area contributed by atoms with Crippen molar-refractivity contribution in [2.45, 2.75) is 38.9 Å². The Morgan fingerprint density at radius 2 is 1.85 bits per heavy atom. The standard InChI is InChI=1S/C14H18BNO4/c1-13(2)14(3,4)20-15(19-13)9-6-7-11-10(8-9)16(5)12(17)18-11/h6-8H,1-5H3/i5D3. The third-order valence-corrected chi connectivity index (χ3v) is 4.13. The molecule has 6 heteroatoms. The van der Waals surface area contributed by atoms with E-state index in [0.717, 1.165) is 0 Å². The van der Waals surface area contributed by atoms with Gasteiger partial charge in [-0.1, -0.05) is 6.07 Å². The average molecular weight is 278 g/mol. The quantitative estimate of drug-likeness (QED) is 0.740. The number of aryl methyl sites for hydroxylation is 1. The minimum absolute atomic E-state index is 0.196. The Morgan fingerprint density at radius 3 is 2.45 bits per heavy atom. The summed E-state index contributed by atoms with van der Waals surface area (Å²) in [5.41, 5.74) is 0.0305. The number of fused-ring (bicyclic) bond motifs is 1. The molecule has 0 radical (unpaired) electrons. The molecule has 20 heavy (non-hydrogen) atoms. The molecule has 0 aliphatic carbocycles. The summed E-state index contributed by atoms with van der Waals surface area (Å²) >= 11 is 0. The van der Waals surface area contributed by atoms with Gasteiger partial charge in [0.2, 0.25) is 0 Å². The highest BCUT2D eigenvalue weighted by molar-refractivity contribution is 6.62. The number of nitrogens with zero attached hydrogens (tertiary/aromatic N) is 1. The first-order valence-electron chi connectivity index (χ1n) is 7.94. The molecule has 2 aromatic rings. The van der Waals surface area contributed by atoms with E-state index in [2.05, 4.69) is 0 Å². The first kappa shape index (κ1) is 10.2. The summed E-state index contributed by atoms with van der Waals surface area (Å²) in [6, 6.07) is 4.82. The lowest BCUT2D eigenvalue weighted by Gasteiger charge is -2.32. The predicted molar refractivity (Wildman–Crippen MR) is 77.2 cm³/mol. The van der Waals surface area contributed by atoms with Crippen LogP contribution in [0.4, 0.5) is 0 Å². The van der Waals surface area contributed by atoms with E-state index in [9.17, 15) is 4.79 Å².